The van der Waals surface area contributed by atoms with Gasteiger partial charge in [-0.2, -0.15) is 0 Å². The number of hydrogen-bond donors (Lipinski definition) is 0. The molecule has 2 heteroatoms. The van der Waals surface area contributed by atoms with Crippen LogP contribution in [0, 0.1) is 0 Å². The lowest BCUT2D eigenvalue weighted by molar-refractivity contribution is 0.582. The van der Waals surface area contributed by atoms with E-state index in [1.54, 1.807) is 0 Å². The van der Waals surface area contributed by atoms with Crippen LogP contribution >= 0.6 is 15.9 Å². The van der Waals surface area contributed by atoms with Crippen LogP contribution in [0.15, 0.2) is 33.4 Å². The van der Waals surface area contributed by atoms with Gasteiger partial charge in [0.05, 0.1) is 0 Å². The van der Waals surface area contributed by atoms with E-state index in [0.29, 0.717) is 0 Å². The van der Waals surface area contributed by atoms with Crippen LogP contribution < -0.4 is 0 Å². The lowest BCUT2D eigenvalue weighted by Crippen LogP contribution is -2.10. The summed E-state index contributed by atoms with van der Waals surface area (Å²) >= 11 is 3.33. The first-order chi connectivity index (χ1) is 6.47. The molecule has 0 N–H and O–H groups in total. The molecule has 14 heavy (non-hydrogen) atoms. The maximum absolute atomic E-state index is 5.45. The third-order valence-electron chi connectivity index (χ3n) is 2.35. The van der Waals surface area contributed by atoms with Crippen molar-refractivity contribution in [2.45, 2.75) is 26.2 Å². The molecule has 0 spiro atoms. The maximum Gasteiger partial charge on any atom is 0.170 e. The third kappa shape index (κ3) is 1.71. The van der Waals surface area contributed by atoms with Gasteiger partial charge in [0, 0.05) is 5.39 Å². The lowest BCUT2D eigenvalue weighted by Gasteiger charge is -2.18. The molecular weight excluding hydrogens is 240 g/mol. The Morgan fingerprint density at radius 3 is 2.50 bits per heavy atom. The maximum atomic E-state index is 5.45. The number of furan rings is 1. The van der Waals surface area contributed by atoms with Gasteiger partial charge in [0.2, 0.25) is 0 Å². The van der Waals surface area contributed by atoms with Crippen LogP contribution in [0.2, 0.25) is 0 Å². The molecule has 1 aromatic heterocycles. The summed E-state index contributed by atoms with van der Waals surface area (Å²) in [6.45, 7) is 6.63. The van der Waals surface area contributed by atoms with Gasteiger partial charge in [0.1, 0.15) is 5.58 Å². The minimum Gasteiger partial charge on any atom is -0.449 e. The monoisotopic (exact) mass is 252 g/mol. The van der Waals surface area contributed by atoms with E-state index in [1.165, 1.54) is 5.56 Å². The highest BCUT2D eigenvalue weighted by atomic mass is 79.9. The van der Waals surface area contributed by atoms with E-state index < -0.39 is 0 Å². The van der Waals surface area contributed by atoms with Crippen LogP contribution in [-0.4, -0.2) is 0 Å². The molecule has 0 aliphatic carbocycles. The summed E-state index contributed by atoms with van der Waals surface area (Å²) in [5.74, 6) is 0. The number of benzene rings is 1. The van der Waals surface area contributed by atoms with Crippen molar-refractivity contribution in [3.8, 4) is 0 Å². The Kier molecular flexibility index (Phi) is 2.18. The fourth-order valence-electron chi connectivity index (χ4n) is 1.48. The quantitative estimate of drug-likeness (QED) is 0.674. The minimum atomic E-state index is 0.192. The summed E-state index contributed by atoms with van der Waals surface area (Å²) in [5, 5.41) is 1.16. The van der Waals surface area contributed by atoms with Gasteiger partial charge in [0.15, 0.2) is 4.67 Å². The molecule has 2 rings (SSSR count). The number of fused-ring (bicyclic) bond motifs is 1. The summed E-state index contributed by atoms with van der Waals surface area (Å²) in [7, 11) is 0. The predicted molar refractivity (Wildman–Crippen MR) is 62.6 cm³/mol. The second kappa shape index (κ2) is 3.13. The van der Waals surface area contributed by atoms with Crippen LogP contribution in [0.1, 0.15) is 26.3 Å². The average Bonchev–Trinajstić information content (AvgIpc) is 2.41. The van der Waals surface area contributed by atoms with E-state index in [-0.39, 0.29) is 5.41 Å². The summed E-state index contributed by atoms with van der Waals surface area (Å²) in [4.78, 5) is 0. The molecule has 0 radical (unpaired) electrons. The van der Waals surface area contributed by atoms with E-state index >= 15 is 0 Å². The van der Waals surface area contributed by atoms with E-state index in [2.05, 4.69) is 48.8 Å². The molecule has 74 valence electrons. The largest absolute Gasteiger partial charge is 0.449 e. The van der Waals surface area contributed by atoms with Crippen molar-refractivity contribution in [2.75, 3.05) is 0 Å². The number of hydrogen-bond acceptors (Lipinski definition) is 1. The Morgan fingerprint density at radius 2 is 1.86 bits per heavy atom. The fraction of sp³-hybridized carbons (Fsp3) is 0.333. The van der Waals surface area contributed by atoms with Crippen molar-refractivity contribution in [1.29, 1.82) is 0 Å². The highest BCUT2D eigenvalue weighted by Crippen LogP contribution is 2.29. The fourth-order valence-corrected chi connectivity index (χ4v) is 1.90. The summed E-state index contributed by atoms with van der Waals surface area (Å²) < 4.78 is 6.24. The average molecular weight is 253 g/mol. The molecule has 0 amide bonds. The molecule has 1 nitrogen and oxygen atoms in total. The van der Waals surface area contributed by atoms with Gasteiger partial charge in [-0.3, -0.25) is 0 Å². The summed E-state index contributed by atoms with van der Waals surface area (Å²) in [6, 6.07) is 8.34. The molecule has 0 aliphatic heterocycles. The Balaban J connectivity index is 2.62. The molecule has 0 bridgehead atoms. The van der Waals surface area contributed by atoms with Gasteiger partial charge in [0.25, 0.3) is 0 Å². The molecular formula is C12H13BrO. The highest BCUT2D eigenvalue weighted by molar-refractivity contribution is 9.10. The molecule has 2 aromatic rings. The number of rotatable bonds is 0. The van der Waals surface area contributed by atoms with Crippen molar-refractivity contribution >= 4 is 26.9 Å². The molecule has 1 aromatic carbocycles. The zero-order valence-electron chi connectivity index (χ0n) is 8.60. The van der Waals surface area contributed by atoms with Gasteiger partial charge in [-0.1, -0.05) is 26.8 Å². The van der Waals surface area contributed by atoms with Crippen LogP contribution in [0.5, 0.6) is 0 Å². The molecule has 0 atom stereocenters. The van der Waals surface area contributed by atoms with Crippen LogP contribution in [0.4, 0.5) is 0 Å². The smallest absolute Gasteiger partial charge is 0.170 e. The second-order valence-electron chi connectivity index (χ2n) is 4.55. The van der Waals surface area contributed by atoms with E-state index in [0.717, 1.165) is 15.6 Å². The minimum absolute atomic E-state index is 0.192. The molecule has 1 heterocycles. The predicted octanol–water partition coefficient (Wildman–Crippen LogP) is 4.49. The van der Waals surface area contributed by atoms with Crippen molar-refractivity contribution < 1.29 is 4.42 Å². The normalized spacial score (nSPS) is 12.3. The van der Waals surface area contributed by atoms with Crippen LogP contribution in [-0.2, 0) is 5.41 Å². The number of halogens is 1. The van der Waals surface area contributed by atoms with Crippen molar-refractivity contribution in [1.82, 2.24) is 0 Å². The molecule has 0 unspecified atom stereocenters. The van der Waals surface area contributed by atoms with Gasteiger partial charge in [-0.15, -0.1) is 0 Å². The zero-order valence-corrected chi connectivity index (χ0v) is 10.2. The van der Waals surface area contributed by atoms with Crippen molar-refractivity contribution in [3.63, 3.8) is 0 Å². The zero-order chi connectivity index (χ0) is 10.3. The molecule has 0 fully saturated rings. The molecule has 0 saturated carbocycles. The van der Waals surface area contributed by atoms with Crippen molar-refractivity contribution in [2.24, 2.45) is 0 Å². The first-order valence-corrected chi connectivity index (χ1v) is 5.46. The standard InChI is InChI=1S/C12H13BrO/c1-12(2,3)9-4-5-10-8(6-9)7-11(13)14-10/h4-7H,1-3H3. The van der Waals surface area contributed by atoms with E-state index in [4.69, 9.17) is 4.42 Å². The Bertz CT molecular complexity index is 463. The highest BCUT2D eigenvalue weighted by Gasteiger charge is 2.14. The third-order valence-corrected chi connectivity index (χ3v) is 2.74. The van der Waals surface area contributed by atoms with Crippen LogP contribution in [0.25, 0.3) is 11.0 Å². The van der Waals surface area contributed by atoms with E-state index in [9.17, 15) is 0 Å². The Morgan fingerprint density at radius 1 is 1.14 bits per heavy atom. The SMILES string of the molecule is CC(C)(C)c1ccc2oc(Br)cc2c1. The van der Waals surface area contributed by atoms with Gasteiger partial charge in [-0.25, -0.2) is 0 Å². The Labute approximate surface area is 92.2 Å². The van der Waals surface area contributed by atoms with Crippen LogP contribution in [0.3, 0.4) is 0 Å². The lowest BCUT2D eigenvalue weighted by atomic mass is 9.87. The Hall–Kier alpha value is -0.760. The second-order valence-corrected chi connectivity index (χ2v) is 5.33. The molecule has 0 aliphatic rings. The first-order valence-electron chi connectivity index (χ1n) is 4.66. The van der Waals surface area contributed by atoms with Gasteiger partial charge < -0.3 is 4.42 Å². The van der Waals surface area contributed by atoms with E-state index in [1.807, 2.05) is 12.1 Å². The van der Waals surface area contributed by atoms with Gasteiger partial charge in [-0.05, 0) is 45.1 Å². The first kappa shape index (κ1) is 9.78. The van der Waals surface area contributed by atoms with Gasteiger partial charge >= 0.3 is 0 Å². The summed E-state index contributed by atoms with van der Waals surface area (Å²) in [5.41, 5.74) is 2.46. The van der Waals surface area contributed by atoms with Crippen molar-refractivity contribution in [3.05, 3.63) is 34.5 Å². The summed E-state index contributed by atoms with van der Waals surface area (Å²) in [6.07, 6.45) is 0. The topological polar surface area (TPSA) is 13.1 Å². The molecule has 0 saturated heterocycles.